The third-order valence-electron chi connectivity index (χ3n) is 2.87. The highest BCUT2D eigenvalue weighted by Gasteiger charge is 2.23. The van der Waals surface area contributed by atoms with Crippen molar-refractivity contribution in [1.29, 1.82) is 0 Å². The van der Waals surface area contributed by atoms with E-state index in [4.69, 9.17) is 10.8 Å². The van der Waals surface area contributed by atoms with Crippen LogP contribution in [0.15, 0.2) is 0 Å². The number of carbonyl (C=O) groups is 1. The molecule has 0 radical (unpaired) electrons. The molecule has 1 aliphatic carbocycles. The van der Waals surface area contributed by atoms with E-state index in [0.717, 1.165) is 12.3 Å². The highest BCUT2D eigenvalue weighted by molar-refractivity contribution is 5.67. The van der Waals surface area contributed by atoms with Crippen molar-refractivity contribution >= 4 is 5.97 Å². The average molecular weight is 185 g/mol. The van der Waals surface area contributed by atoms with E-state index in [0.29, 0.717) is 5.92 Å². The molecule has 1 fully saturated rings. The molecule has 0 aromatic carbocycles. The van der Waals surface area contributed by atoms with Gasteiger partial charge in [-0.15, -0.1) is 0 Å². The Morgan fingerprint density at radius 3 is 2.69 bits per heavy atom. The minimum absolute atomic E-state index is 0.103. The molecule has 0 unspecified atom stereocenters. The molecule has 3 N–H and O–H groups in total. The lowest BCUT2D eigenvalue weighted by Gasteiger charge is -2.17. The number of rotatable bonds is 6. The molecule has 0 aromatic heterocycles. The van der Waals surface area contributed by atoms with E-state index in [2.05, 4.69) is 6.92 Å². The summed E-state index contributed by atoms with van der Waals surface area (Å²) in [6.45, 7) is 2.05. The van der Waals surface area contributed by atoms with Crippen LogP contribution in [0.3, 0.4) is 0 Å². The Balaban J connectivity index is 2.11. The summed E-state index contributed by atoms with van der Waals surface area (Å²) in [6, 6.07) is -0.170. The van der Waals surface area contributed by atoms with Crippen molar-refractivity contribution in [2.45, 2.75) is 45.1 Å². The average Bonchev–Trinajstić information content (AvgIpc) is 2.81. The summed E-state index contributed by atoms with van der Waals surface area (Å²) in [6.07, 6.45) is 5.14. The largest absolute Gasteiger partial charge is 0.481 e. The van der Waals surface area contributed by atoms with Crippen LogP contribution in [0.25, 0.3) is 0 Å². The van der Waals surface area contributed by atoms with E-state index in [1.807, 2.05) is 0 Å². The van der Waals surface area contributed by atoms with Crippen LogP contribution in [-0.4, -0.2) is 17.1 Å². The Hall–Kier alpha value is -0.570. The van der Waals surface area contributed by atoms with Gasteiger partial charge in [0.15, 0.2) is 0 Å². The first-order valence-corrected chi connectivity index (χ1v) is 5.07. The Morgan fingerprint density at radius 1 is 1.62 bits per heavy atom. The van der Waals surface area contributed by atoms with Gasteiger partial charge in [0, 0.05) is 6.04 Å². The van der Waals surface area contributed by atoms with Crippen LogP contribution in [0.4, 0.5) is 0 Å². The maximum absolute atomic E-state index is 10.4. The molecule has 1 rings (SSSR count). The standard InChI is InChI=1S/C10H19NO2/c1-7(2-3-8-4-5-8)9(11)6-10(12)13/h7-9H,2-6,11H2,1H3,(H,12,13)/t7-,9+/m0/s1. The van der Waals surface area contributed by atoms with Gasteiger partial charge in [-0.2, -0.15) is 0 Å². The number of nitrogens with two attached hydrogens (primary N) is 1. The molecule has 0 saturated heterocycles. The lowest BCUT2D eigenvalue weighted by Crippen LogP contribution is -2.30. The highest BCUT2D eigenvalue weighted by atomic mass is 16.4. The van der Waals surface area contributed by atoms with Gasteiger partial charge in [-0.1, -0.05) is 26.2 Å². The zero-order valence-electron chi connectivity index (χ0n) is 8.20. The smallest absolute Gasteiger partial charge is 0.304 e. The quantitative estimate of drug-likeness (QED) is 0.661. The Labute approximate surface area is 79.3 Å². The van der Waals surface area contributed by atoms with Gasteiger partial charge >= 0.3 is 5.97 Å². The predicted molar refractivity (Wildman–Crippen MR) is 51.4 cm³/mol. The Bertz CT molecular complexity index is 178. The summed E-state index contributed by atoms with van der Waals surface area (Å²) in [7, 11) is 0. The SMILES string of the molecule is C[C@@H](CCC1CC1)[C@H](N)CC(=O)O. The first kappa shape index (κ1) is 10.5. The van der Waals surface area contributed by atoms with Crippen molar-refractivity contribution in [2.75, 3.05) is 0 Å². The van der Waals surface area contributed by atoms with Crippen LogP contribution in [0.5, 0.6) is 0 Å². The molecule has 3 heteroatoms. The fraction of sp³-hybridized carbons (Fsp3) is 0.900. The van der Waals surface area contributed by atoms with E-state index in [-0.39, 0.29) is 12.5 Å². The molecule has 2 atom stereocenters. The number of aliphatic carboxylic acids is 1. The molecule has 0 bridgehead atoms. The van der Waals surface area contributed by atoms with Crippen LogP contribution in [0.2, 0.25) is 0 Å². The van der Waals surface area contributed by atoms with Crippen LogP contribution >= 0.6 is 0 Å². The predicted octanol–water partition coefficient (Wildman–Crippen LogP) is 1.61. The molecule has 0 aliphatic heterocycles. The number of hydrogen-bond donors (Lipinski definition) is 2. The monoisotopic (exact) mass is 185 g/mol. The molecule has 0 spiro atoms. The molecule has 0 heterocycles. The molecule has 0 amide bonds. The van der Waals surface area contributed by atoms with Gasteiger partial charge in [0.25, 0.3) is 0 Å². The normalized spacial score (nSPS) is 21.1. The Morgan fingerprint density at radius 2 is 2.23 bits per heavy atom. The van der Waals surface area contributed by atoms with E-state index < -0.39 is 5.97 Å². The second kappa shape index (κ2) is 4.61. The van der Waals surface area contributed by atoms with E-state index in [1.54, 1.807) is 0 Å². The van der Waals surface area contributed by atoms with Crippen LogP contribution < -0.4 is 5.73 Å². The third kappa shape index (κ3) is 4.27. The van der Waals surface area contributed by atoms with Crippen molar-refractivity contribution in [3.8, 4) is 0 Å². The summed E-state index contributed by atoms with van der Waals surface area (Å²) in [5.41, 5.74) is 5.74. The zero-order valence-corrected chi connectivity index (χ0v) is 8.20. The summed E-state index contributed by atoms with van der Waals surface area (Å²) in [5.74, 6) is 0.474. The van der Waals surface area contributed by atoms with E-state index >= 15 is 0 Å². The topological polar surface area (TPSA) is 63.3 Å². The molecule has 1 aliphatic rings. The Kier molecular flexibility index (Phi) is 3.72. The molecule has 0 aromatic rings. The molecular formula is C10H19NO2. The van der Waals surface area contributed by atoms with Crippen molar-refractivity contribution < 1.29 is 9.90 Å². The first-order chi connectivity index (χ1) is 6.09. The van der Waals surface area contributed by atoms with Crippen LogP contribution in [-0.2, 0) is 4.79 Å². The molecule has 3 nitrogen and oxygen atoms in total. The number of carboxylic acids is 1. The van der Waals surface area contributed by atoms with E-state index in [9.17, 15) is 4.79 Å². The third-order valence-corrected chi connectivity index (χ3v) is 2.87. The van der Waals surface area contributed by atoms with Crippen molar-refractivity contribution in [1.82, 2.24) is 0 Å². The summed E-state index contributed by atoms with van der Waals surface area (Å²) >= 11 is 0. The zero-order chi connectivity index (χ0) is 9.84. The maximum Gasteiger partial charge on any atom is 0.304 e. The van der Waals surface area contributed by atoms with Crippen LogP contribution in [0, 0.1) is 11.8 Å². The van der Waals surface area contributed by atoms with E-state index in [1.165, 1.54) is 19.3 Å². The van der Waals surface area contributed by atoms with Crippen LogP contribution in [0.1, 0.15) is 39.0 Å². The van der Waals surface area contributed by atoms with Crippen molar-refractivity contribution in [3.05, 3.63) is 0 Å². The molecular weight excluding hydrogens is 166 g/mol. The molecule has 76 valence electrons. The second-order valence-corrected chi connectivity index (χ2v) is 4.26. The summed E-state index contributed by atoms with van der Waals surface area (Å²) in [4.78, 5) is 10.4. The van der Waals surface area contributed by atoms with Gasteiger partial charge in [-0.05, 0) is 18.3 Å². The summed E-state index contributed by atoms with van der Waals surface area (Å²) in [5, 5.41) is 8.54. The van der Waals surface area contributed by atoms with Gasteiger partial charge in [-0.25, -0.2) is 0 Å². The minimum atomic E-state index is -0.786. The van der Waals surface area contributed by atoms with Gasteiger partial charge in [-0.3, -0.25) is 4.79 Å². The first-order valence-electron chi connectivity index (χ1n) is 5.07. The van der Waals surface area contributed by atoms with Gasteiger partial charge in [0.1, 0.15) is 0 Å². The number of hydrogen-bond acceptors (Lipinski definition) is 2. The molecule has 1 saturated carbocycles. The number of carboxylic acid groups (broad SMARTS) is 1. The fourth-order valence-corrected chi connectivity index (χ4v) is 1.52. The van der Waals surface area contributed by atoms with Crippen molar-refractivity contribution in [3.63, 3.8) is 0 Å². The summed E-state index contributed by atoms with van der Waals surface area (Å²) < 4.78 is 0. The lowest BCUT2D eigenvalue weighted by molar-refractivity contribution is -0.137. The van der Waals surface area contributed by atoms with Gasteiger partial charge < -0.3 is 10.8 Å². The van der Waals surface area contributed by atoms with Gasteiger partial charge in [0.05, 0.1) is 6.42 Å². The second-order valence-electron chi connectivity index (χ2n) is 4.26. The molecule has 13 heavy (non-hydrogen) atoms. The minimum Gasteiger partial charge on any atom is -0.481 e. The highest BCUT2D eigenvalue weighted by Crippen LogP contribution is 2.35. The lowest BCUT2D eigenvalue weighted by atomic mass is 9.94. The van der Waals surface area contributed by atoms with Crippen molar-refractivity contribution in [2.24, 2.45) is 17.6 Å². The maximum atomic E-state index is 10.4. The van der Waals surface area contributed by atoms with Gasteiger partial charge in [0.2, 0.25) is 0 Å². The fourth-order valence-electron chi connectivity index (χ4n) is 1.52.